The van der Waals surface area contributed by atoms with Crippen molar-refractivity contribution in [3.8, 4) is 5.75 Å². The minimum Gasteiger partial charge on any atom is -0.506 e. The van der Waals surface area contributed by atoms with Crippen LogP contribution in [0.1, 0.15) is 70.8 Å². The number of anilines is 2. The van der Waals surface area contributed by atoms with Gasteiger partial charge in [0.2, 0.25) is 5.91 Å². The van der Waals surface area contributed by atoms with E-state index in [1.54, 1.807) is 62.1 Å². The van der Waals surface area contributed by atoms with E-state index in [-0.39, 0.29) is 35.7 Å². The number of nitrogens with one attached hydrogen (secondary N) is 5. The number of aromatic amines is 2. The largest absolute Gasteiger partial charge is 0.506 e. The lowest BCUT2D eigenvalue weighted by Gasteiger charge is -2.19. The van der Waals surface area contributed by atoms with E-state index in [4.69, 9.17) is 20.8 Å². The van der Waals surface area contributed by atoms with E-state index in [2.05, 4.69) is 26.1 Å². The third-order valence-electron chi connectivity index (χ3n) is 9.01. The van der Waals surface area contributed by atoms with Crippen molar-refractivity contribution in [1.82, 2.24) is 20.8 Å². The summed E-state index contributed by atoms with van der Waals surface area (Å²) in [5.41, 5.74) is 9.45. The number of H-pyrrole nitrogens is 2. The van der Waals surface area contributed by atoms with Gasteiger partial charge in [-0.1, -0.05) is 12.1 Å². The Morgan fingerprint density at radius 1 is 1.06 bits per heavy atom. The molecule has 3 aromatic heterocycles. The molecule has 0 saturated carbocycles. The molecular weight excluding hydrogens is 688 g/mol. The number of benzene rings is 3. The van der Waals surface area contributed by atoms with E-state index in [0.29, 0.717) is 63.1 Å². The van der Waals surface area contributed by atoms with E-state index in [0.717, 1.165) is 22.1 Å². The number of phenols is 1. The highest BCUT2D eigenvalue weighted by Gasteiger charge is 2.36. The Morgan fingerprint density at radius 2 is 1.87 bits per heavy atom. The molecule has 0 radical (unpaired) electrons. The van der Waals surface area contributed by atoms with Gasteiger partial charge in [-0.05, 0) is 81.1 Å². The van der Waals surface area contributed by atoms with Crippen molar-refractivity contribution >= 4 is 79.4 Å². The molecule has 7 rings (SSSR count). The Morgan fingerprint density at radius 3 is 2.63 bits per heavy atom. The van der Waals surface area contributed by atoms with Crippen LogP contribution in [-0.2, 0) is 16.0 Å². The van der Waals surface area contributed by atoms with Crippen LogP contribution in [0.5, 0.6) is 5.75 Å². The fraction of sp³-hybridized carbons (Fsp3) is 0.263. The van der Waals surface area contributed by atoms with Crippen LogP contribution in [-0.4, -0.2) is 56.9 Å². The summed E-state index contributed by atoms with van der Waals surface area (Å²) in [6.45, 7) is 7.50. The molecular formula is C38H37ClN6O7. The molecule has 1 aliphatic heterocycles. The fourth-order valence-electron chi connectivity index (χ4n) is 6.68. The standard InChI is InChI=1S/C38H37ClN6O7/c1-19-16-40-33-29(46)14-28-32(31(19)33)23(15-39)17-45(28)36(49)27-13-21-12-24(7-9-26(21)42-27)41-35(48)34-25-8-5-20(11-22(25)18-51-34)6-10-30(47)43-44-37(50)52-38(2,3)4/h5,7-9,11-14,16,18,23,40,42,46H,6,10,15,17H2,1-4H3,(H,41,48)(H,43,47)(H,44,50)/t23-/m1/s1. The second kappa shape index (κ2) is 13.3. The second-order valence-electron chi connectivity index (χ2n) is 13.9. The van der Waals surface area contributed by atoms with E-state index in [1.165, 1.54) is 6.26 Å². The van der Waals surface area contributed by atoms with Gasteiger partial charge < -0.3 is 34.4 Å². The molecule has 4 heterocycles. The molecule has 0 unspecified atom stereocenters. The van der Waals surface area contributed by atoms with Gasteiger partial charge in [0.05, 0.1) is 17.5 Å². The first kappa shape index (κ1) is 34.5. The summed E-state index contributed by atoms with van der Waals surface area (Å²) in [7, 11) is 0. The van der Waals surface area contributed by atoms with Crippen LogP contribution >= 0.6 is 11.6 Å². The number of carbonyl (C=O) groups is 4. The quantitative estimate of drug-likeness (QED) is 0.0748. The number of fused-ring (bicyclic) bond motifs is 5. The van der Waals surface area contributed by atoms with Crippen molar-refractivity contribution < 1.29 is 33.4 Å². The van der Waals surface area contributed by atoms with E-state index < -0.39 is 17.6 Å². The number of carbonyl (C=O) groups excluding carboxylic acids is 4. The van der Waals surface area contributed by atoms with Crippen LogP contribution in [0.2, 0.25) is 0 Å². The number of aromatic nitrogens is 2. The van der Waals surface area contributed by atoms with E-state index >= 15 is 0 Å². The number of phenolic OH excluding ortho intramolecular Hbond substituents is 1. The molecule has 0 saturated heterocycles. The minimum atomic E-state index is -0.749. The van der Waals surface area contributed by atoms with E-state index in [1.807, 2.05) is 25.3 Å². The maximum atomic E-state index is 13.9. The molecule has 6 aromatic rings. The Hall–Kier alpha value is -5.95. The van der Waals surface area contributed by atoms with Crippen LogP contribution in [0.3, 0.4) is 0 Å². The molecule has 14 heteroatoms. The van der Waals surface area contributed by atoms with Gasteiger partial charge >= 0.3 is 6.09 Å². The zero-order valence-electron chi connectivity index (χ0n) is 28.9. The number of hydrogen-bond donors (Lipinski definition) is 6. The maximum absolute atomic E-state index is 13.9. The van der Waals surface area contributed by atoms with Crippen molar-refractivity contribution in [3.05, 3.63) is 89.1 Å². The first-order valence-corrected chi connectivity index (χ1v) is 17.3. The van der Waals surface area contributed by atoms with Crippen LogP contribution in [0.25, 0.3) is 32.6 Å². The van der Waals surface area contributed by atoms with Gasteiger partial charge in [0.15, 0.2) is 5.76 Å². The lowest BCUT2D eigenvalue weighted by Crippen LogP contribution is -2.44. The summed E-state index contributed by atoms with van der Waals surface area (Å²) < 4.78 is 10.8. The molecule has 0 bridgehead atoms. The SMILES string of the molecule is Cc1c[nH]c2c(O)cc3c(c12)[C@H](CCl)CN3C(=O)c1cc2cc(NC(=O)c3occ4cc(CCC(=O)NNC(=O)OC(C)(C)C)ccc34)ccc2[nH]1. The van der Waals surface area contributed by atoms with Gasteiger partial charge in [0, 0.05) is 69.8 Å². The van der Waals surface area contributed by atoms with Crippen molar-refractivity contribution in [3.63, 3.8) is 0 Å². The summed E-state index contributed by atoms with van der Waals surface area (Å²) in [5, 5.41) is 16.5. The van der Waals surface area contributed by atoms with Gasteiger partial charge in [0.25, 0.3) is 11.8 Å². The van der Waals surface area contributed by atoms with Gasteiger partial charge in [-0.15, -0.1) is 11.6 Å². The summed E-state index contributed by atoms with van der Waals surface area (Å²) in [6, 6.07) is 14.0. The van der Waals surface area contributed by atoms with Gasteiger partial charge in [0.1, 0.15) is 17.0 Å². The maximum Gasteiger partial charge on any atom is 0.426 e. The van der Waals surface area contributed by atoms with Crippen molar-refractivity contribution in [2.75, 3.05) is 22.6 Å². The average molecular weight is 725 g/mol. The smallest absolute Gasteiger partial charge is 0.426 e. The highest BCUT2D eigenvalue weighted by Crippen LogP contribution is 2.46. The summed E-state index contributed by atoms with van der Waals surface area (Å²) >= 11 is 6.38. The molecule has 4 amide bonds. The lowest BCUT2D eigenvalue weighted by molar-refractivity contribution is -0.122. The number of aromatic hydroxyl groups is 1. The molecule has 268 valence electrons. The number of amides is 4. The monoisotopic (exact) mass is 724 g/mol. The summed E-state index contributed by atoms with van der Waals surface area (Å²) in [4.78, 5) is 59.2. The number of ether oxygens (including phenoxy) is 1. The summed E-state index contributed by atoms with van der Waals surface area (Å²) in [6.07, 6.45) is 3.07. The van der Waals surface area contributed by atoms with Gasteiger partial charge in [-0.2, -0.15) is 0 Å². The van der Waals surface area contributed by atoms with Crippen LogP contribution in [0, 0.1) is 6.92 Å². The lowest BCUT2D eigenvalue weighted by atomic mass is 9.97. The normalized spacial score (nSPS) is 14.2. The van der Waals surface area contributed by atoms with Gasteiger partial charge in [-0.3, -0.25) is 19.8 Å². The highest BCUT2D eigenvalue weighted by molar-refractivity contribution is 6.19. The number of hydrazine groups is 1. The van der Waals surface area contributed by atoms with Crippen molar-refractivity contribution in [1.29, 1.82) is 0 Å². The number of halogens is 1. The summed E-state index contributed by atoms with van der Waals surface area (Å²) in [5.74, 6) is -0.692. The van der Waals surface area contributed by atoms with Crippen LogP contribution < -0.4 is 21.1 Å². The van der Waals surface area contributed by atoms with E-state index in [9.17, 15) is 24.3 Å². The first-order valence-electron chi connectivity index (χ1n) is 16.7. The zero-order valence-corrected chi connectivity index (χ0v) is 29.7. The van der Waals surface area contributed by atoms with Crippen LogP contribution in [0.4, 0.5) is 16.2 Å². The molecule has 6 N–H and O–H groups in total. The number of furan rings is 1. The number of alkyl halides is 1. The highest BCUT2D eigenvalue weighted by atomic mass is 35.5. The van der Waals surface area contributed by atoms with Crippen molar-refractivity contribution in [2.45, 2.75) is 52.1 Å². The average Bonchev–Trinajstić information content (AvgIpc) is 3.89. The predicted octanol–water partition coefficient (Wildman–Crippen LogP) is 7.13. The van der Waals surface area contributed by atoms with Crippen LogP contribution in [0.15, 0.2) is 65.4 Å². The molecule has 1 aliphatic rings. The molecule has 0 aliphatic carbocycles. The molecule has 52 heavy (non-hydrogen) atoms. The second-order valence-corrected chi connectivity index (χ2v) is 14.2. The molecule has 1 atom stereocenters. The Kier molecular flexibility index (Phi) is 8.83. The molecule has 13 nitrogen and oxygen atoms in total. The number of aryl methyl sites for hydroxylation is 2. The number of nitrogens with zero attached hydrogens (tertiary/aromatic N) is 1. The Labute approximate surface area is 302 Å². The third kappa shape index (κ3) is 6.62. The molecule has 0 spiro atoms. The van der Waals surface area contributed by atoms with Gasteiger partial charge in [-0.25, -0.2) is 10.2 Å². The number of rotatable bonds is 7. The fourth-order valence-corrected chi connectivity index (χ4v) is 6.93. The first-order chi connectivity index (χ1) is 24.8. The third-order valence-corrected chi connectivity index (χ3v) is 9.38. The minimum absolute atomic E-state index is 0.0623. The topological polar surface area (TPSA) is 182 Å². The Bertz CT molecular complexity index is 2400. The zero-order chi connectivity index (χ0) is 36.9. The van der Waals surface area contributed by atoms with Crippen molar-refractivity contribution in [2.24, 2.45) is 0 Å². The predicted molar refractivity (Wildman–Crippen MR) is 198 cm³/mol. The Balaban J connectivity index is 1.02. The molecule has 0 fully saturated rings. The number of hydrogen-bond acceptors (Lipinski definition) is 7. The molecule has 3 aromatic carbocycles.